The molecule has 0 fully saturated rings. The lowest BCUT2D eigenvalue weighted by Gasteiger charge is -2.13. The van der Waals surface area contributed by atoms with Crippen molar-refractivity contribution < 1.29 is 9.53 Å². The number of carbonyl (C=O) groups is 1. The van der Waals surface area contributed by atoms with Gasteiger partial charge in [0.1, 0.15) is 12.4 Å². The average Bonchev–Trinajstić information content (AvgIpc) is 2.93. The summed E-state index contributed by atoms with van der Waals surface area (Å²) in [6.45, 7) is 0.189. The summed E-state index contributed by atoms with van der Waals surface area (Å²) in [4.78, 5) is 18.0. The number of hydrogen-bond acceptors (Lipinski definition) is 4. The Kier molecular flexibility index (Phi) is 8.48. The van der Waals surface area contributed by atoms with E-state index in [0.717, 1.165) is 16.5 Å². The van der Waals surface area contributed by atoms with Crippen LogP contribution in [0, 0.1) is 0 Å². The number of fused-ring (bicyclic) bond motifs is 1. The number of rotatable bonds is 7. The summed E-state index contributed by atoms with van der Waals surface area (Å²) < 4.78 is 6.67. The van der Waals surface area contributed by atoms with Crippen molar-refractivity contribution in [1.82, 2.24) is 10.4 Å². The van der Waals surface area contributed by atoms with Gasteiger partial charge in [0.15, 0.2) is 0 Å². The predicted molar refractivity (Wildman–Crippen MR) is 162 cm³/mol. The van der Waals surface area contributed by atoms with E-state index in [9.17, 15) is 4.79 Å². The highest BCUT2D eigenvalue weighted by atomic mass is 79.9. The molecule has 5 nitrogen and oxygen atoms in total. The van der Waals surface area contributed by atoms with Gasteiger partial charge in [-0.1, -0.05) is 89.4 Å². The maximum absolute atomic E-state index is 13.3. The van der Waals surface area contributed by atoms with E-state index in [1.807, 2.05) is 54.6 Å². The number of benzene rings is 4. The quantitative estimate of drug-likeness (QED) is 0.143. The van der Waals surface area contributed by atoms with Crippen LogP contribution in [0.4, 0.5) is 0 Å². The molecule has 1 N–H and O–H groups in total. The molecule has 0 aliphatic heterocycles. The van der Waals surface area contributed by atoms with Crippen molar-refractivity contribution in [3.63, 3.8) is 0 Å². The molecule has 1 heterocycles. The number of carbonyl (C=O) groups excluding carboxylic acids is 1. The van der Waals surface area contributed by atoms with Crippen molar-refractivity contribution in [2.24, 2.45) is 5.10 Å². The lowest BCUT2D eigenvalue weighted by Crippen LogP contribution is -2.18. The first-order valence-corrected chi connectivity index (χ1v) is 13.7. The van der Waals surface area contributed by atoms with Gasteiger partial charge < -0.3 is 4.74 Å². The third-order valence-corrected chi connectivity index (χ3v) is 7.22. The van der Waals surface area contributed by atoms with E-state index in [-0.39, 0.29) is 12.5 Å². The van der Waals surface area contributed by atoms with E-state index in [1.54, 1.807) is 36.4 Å². The average molecular weight is 640 g/mol. The van der Waals surface area contributed by atoms with Gasteiger partial charge in [-0.05, 0) is 52.3 Å². The first-order chi connectivity index (χ1) is 18.9. The molecule has 5 rings (SSSR count). The Hall–Kier alpha value is -3.42. The second kappa shape index (κ2) is 12.2. The zero-order chi connectivity index (χ0) is 27.4. The molecule has 194 valence electrons. The highest BCUT2D eigenvalue weighted by Crippen LogP contribution is 2.33. The molecule has 4 aromatic carbocycles. The monoisotopic (exact) mass is 637 g/mol. The van der Waals surface area contributed by atoms with Crippen LogP contribution in [0.15, 0.2) is 101 Å². The number of halogens is 4. The van der Waals surface area contributed by atoms with Gasteiger partial charge in [-0.2, -0.15) is 5.10 Å². The summed E-state index contributed by atoms with van der Waals surface area (Å²) in [7, 11) is 0. The molecular weight excluding hydrogens is 621 g/mol. The van der Waals surface area contributed by atoms with E-state index in [0.29, 0.717) is 47.6 Å². The smallest absolute Gasteiger partial charge is 0.272 e. The van der Waals surface area contributed by atoms with Crippen LogP contribution in [0.25, 0.3) is 22.2 Å². The SMILES string of the molecule is O=C(N/N=C\c1cc(Cl)cc(Br)c1OCc1ccc(Cl)cc1Cl)c1cc(-c2ccccc2)nc2ccccc12. The summed E-state index contributed by atoms with van der Waals surface area (Å²) in [6, 6.07) is 27.6. The number of para-hydroxylation sites is 1. The van der Waals surface area contributed by atoms with E-state index < -0.39 is 0 Å². The minimum atomic E-state index is -0.376. The summed E-state index contributed by atoms with van der Waals surface area (Å²) in [5.41, 5.74) is 6.72. The Labute approximate surface area is 248 Å². The van der Waals surface area contributed by atoms with Crippen molar-refractivity contribution in [1.29, 1.82) is 0 Å². The number of hydrazone groups is 1. The normalized spacial score (nSPS) is 11.2. The Morgan fingerprint density at radius 2 is 1.69 bits per heavy atom. The molecule has 0 unspecified atom stereocenters. The lowest BCUT2D eigenvalue weighted by molar-refractivity contribution is 0.0956. The van der Waals surface area contributed by atoms with Crippen molar-refractivity contribution in [3.8, 4) is 17.0 Å². The topological polar surface area (TPSA) is 63.6 Å². The highest BCUT2D eigenvalue weighted by molar-refractivity contribution is 9.10. The minimum Gasteiger partial charge on any atom is -0.487 e. The molecule has 0 saturated heterocycles. The fourth-order valence-electron chi connectivity index (χ4n) is 3.96. The number of nitrogens with zero attached hydrogens (tertiary/aromatic N) is 2. The Morgan fingerprint density at radius 1 is 0.923 bits per heavy atom. The lowest BCUT2D eigenvalue weighted by atomic mass is 10.0. The Bertz CT molecular complexity index is 1710. The number of nitrogens with one attached hydrogen (secondary N) is 1. The van der Waals surface area contributed by atoms with E-state index in [1.165, 1.54) is 6.21 Å². The molecule has 9 heteroatoms. The minimum absolute atomic E-state index is 0.189. The van der Waals surface area contributed by atoms with Crippen molar-refractivity contribution in [2.75, 3.05) is 0 Å². The second-order valence-electron chi connectivity index (χ2n) is 8.47. The molecule has 0 radical (unpaired) electrons. The van der Waals surface area contributed by atoms with Crippen LogP contribution in [-0.4, -0.2) is 17.1 Å². The highest BCUT2D eigenvalue weighted by Gasteiger charge is 2.15. The third kappa shape index (κ3) is 6.43. The maximum atomic E-state index is 13.3. The van der Waals surface area contributed by atoms with E-state index >= 15 is 0 Å². The number of ether oxygens (including phenoxy) is 1. The van der Waals surface area contributed by atoms with Gasteiger partial charge in [-0.3, -0.25) is 4.79 Å². The van der Waals surface area contributed by atoms with Gasteiger partial charge in [0.05, 0.1) is 27.5 Å². The Balaban J connectivity index is 1.40. The number of hydrogen-bond donors (Lipinski definition) is 1. The van der Waals surface area contributed by atoms with Crippen LogP contribution >= 0.6 is 50.7 Å². The molecule has 0 atom stereocenters. The molecule has 0 aliphatic rings. The van der Waals surface area contributed by atoms with Crippen LogP contribution in [0.5, 0.6) is 5.75 Å². The fourth-order valence-corrected chi connectivity index (χ4v) is 5.37. The van der Waals surface area contributed by atoms with Gasteiger partial charge in [-0.25, -0.2) is 10.4 Å². The number of aromatic nitrogens is 1. The maximum Gasteiger partial charge on any atom is 0.272 e. The summed E-state index contributed by atoms with van der Waals surface area (Å²) in [5.74, 6) is 0.114. The van der Waals surface area contributed by atoms with Gasteiger partial charge >= 0.3 is 0 Å². The zero-order valence-electron chi connectivity index (χ0n) is 20.2. The van der Waals surface area contributed by atoms with Crippen LogP contribution in [0.3, 0.4) is 0 Å². The fraction of sp³-hybridized carbons (Fsp3) is 0.0333. The zero-order valence-corrected chi connectivity index (χ0v) is 24.0. The molecule has 0 bridgehead atoms. The standard InChI is InChI=1S/C30H19BrCl3N3O2/c31-25-13-22(33)12-20(29(25)39-17-19-10-11-21(32)14-26(19)34)16-35-37-30(38)24-15-28(18-6-2-1-3-7-18)36-27-9-5-4-8-23(24)27/h1-16H,17H2,(H,37,38)/b35-16-. The molecule has 0 saturated carbocycles. The van der Waals surface area contributed by atoms with Crippen molar-refractivity contribution in [2.45, 2.75) is 6.61 Å². The van der Waals surface area contributed by atoms with Crippen LogP contribution < -0.4 is 10.2 Å². The summed E-state index contributed by atoms with van der Waals surface area (Å²) in [6.07, 6.45) is 1.48. The molecule has 1 amide bonds. The van der Waals surface area contributed by atoms with Gasteiger partial charge in [0.2, 0.25) is 0 Å². The predicted octanol–water partition coefficient (Wildman–Crippen LogP) is 8.97. The van der Waals surface area contributed by atoms with E-state index in [2.05, 4.69) is 26.5 Å². The van der Waals surface area contributed by atoms with Crippen LogP contribution in [-0.2, 0) is 6.61 Å². The molecule has 5 aromatic rings. The van der Waals surface area contributed by atoms with Gasteiger partial charge in [0, 0.05) is 37.1 Å². The molecular formula is C30H19BrCl3N3O2. The van der Waals surface area contributed by atoms with Gasteiger partial charge in [-0.15, -0.1) is 0 Å². The molecule has 1 aromatic heterocycles. The number of amides is 1. The van der Waals surface area contributed by atoms with Crippen LogP contribution in [0.1, 0.15) is 21.5 Å². The number of pyridine rings is 1. The first kappa shape index (κ1) is 27.2. The van der Waals surface area contributed by atoms with Crippen LogP contribution in [0.2, 0.25) is 15.1 Å². The van der Waals surface area contributed by atoms with Crippen molar-refractivity contribution >= 4 is 73.8 Å². The third-order valence-electron chi connectivity index (χ3n) is 5.82. The second-order valence-corrected chi connectivity index (χ2v) is 10.6. The summed E-state index contributed by atoms with van der Waals surface area (Å²) >= 11 is 22.1. The van der Waals surface area contributed by atoms with Crippen molar-refractivity contribution in [3.05, 3.63) is 127 Å². The molecule has 0 spiro atoms. The van der Waals surface area contributed by atoms with Gasteiger partial charge in [0.25, 0.3) is 5.91 Å². The van der Waals surface area contributed by atoms with E-state index in [4.69, 9.17) is 44.5 Å². The molecule has 39 heavy (non-hydrogen) atoms. The Morgan fingerprint density at radius 3 is 2.49 bits per heavy atom. The largest absolute Gasteiger partial charge is 0.487 e. The first-order valence-electron chi connectivity index (χ1n) is 11.7. The summed E-state index contributed by atoms with van der Waals surface area (Å²) in [5, 5.41) is 6.43. The molecule has 0 aliphatic carbocycles.